The molecule has 2 rings (SSSR count). The highest BCUT2D eigenvalue weighted by Gasteiger charge is 2.10. The number of nitrogens with zero attached hydrogens (tertiary/aromatic N) is 1. The molecule has 112 valence electrons. The van der Waals surface area contributed by atoms with Crippen molar-refractivity contribution in [3.8, 4) is 5.75 Å². The lowest BCUT2D eigenvalue weighted by Crippen LogP contribution is -2.19. The van der Waals surface area contributed by atoms with E-state index in [-0.39, 0.29) is 0 Å². The summed E-state index contributed by atoms with van der Waals surface area (Å²) >= 11 is 0. The van der Waals surface area contributed by atoms with Gasteiger partial charge < -0.3 is 15.0 Å². The minimum Gasteiger partial charge on any atom is -0.497 e. The zero-order chi connectivity index (χ0) is 15.2. The predicted octanol–water partition coefficient (Wildman–Crippen LogP) is 3.26. The Kier molecular flexibility index (Phi) is 5.23. The lowest BCUT2D eigenvalue weighted by Gasteiger charge is -2.19. The molecule has 0 bridgehead atoms. The van der Waals surface area contributed by atoms with Crippen LogP contribution in [0.5, 0.6) is 5.75 Å². The van der Waals surface area contributed by atoms with Gasteiger partial charge >= 0.3 is 0 Å². The summed E-state index contributed by atoms with van der Waals surface area (Å²) < 4.78 is 5.20. The summed E-state index contributed by atoms with van der Waals surface area (Å²) in [6.07, 6.45) is 0.960. The molecule has 3 nitrogen and oxygen atoms in total. The van der Waals surface area contributed by atoms with Crippen LogP contribution in [0.15, 0.2) is 48.5 Å². The van der Waals surface area contributed by atoms with E-state index in [0.717, 1.165) is 12.2 Å². The number of methoxy groups -OCH3 is 1. The van der Waals surface area contributed by atoms with E-state index in [9.17, 15) is 0 Å². The maximum atomic E-state index is 5.20. The molecule has 0 spiro atoms. The van der Waals surface area contributed by atoms with Gasteiger partial charge in [0.25, 0.3) is 0 Å². The molecule has 3 heteroatoms. The lowest BCUT2D eigenvalue weighted by atomic mass is 9.98. The largest absolute Gasteiger partial charge is 0.497 e. The number of rotatable bonds is 6. The third kappa shape index (κ3) is 3.99. The highest BCUT2D eigenvalue weighted by molar-refractivity contribution is 5.46. The SMILES string of the molecule is CN[C@@H](Cc1ccc(OC)cc1)c1ccc(N(C)C)cc1. The molecule has 0 aliphatic rings. The van der Waals surface area contributed by atoms with Crippen LogP contribution in [0.2, 0.25) is 0 Å². The molecule has 0 unspecified atom stereocenters. The Morgan fingerprint density at radius 2 is 1.62 bits per heavy atom. The quantitative estimate of drug-likeness (QED) is 0.881. The van der Waals surface area contributed by atoms with Crippen molar-refractivity contribution in [2.45, 2.75) is 12.5 Å². The molecule has 21 heavy (non-hydrogen) atoms. The van der Waals surface area contributed by atoms with Crippen LogP contribution in [0.1, 0.15) is 17.2 Å². The molecule has 2 aromatic carbocycles. The first kappa shape index (κ1) is 15.4. The van der Waals surface area contributed by atoms with Gasteiger partial charge in [0.1, 0.15) is 5.75 Å². The van der Waals surface area contributed by atoms with Crippen LogP contribution < -0.4 is 15.0 Å². The van der Waals surface area contributed by atoms with Gasteiger partial charge in [-0.2, -0.15) is 0 Å². The van der Waals surface area contributed by atoms with Gasteiger partial charge in [0.05, 0.1) is 7.11 Å². The number of benzene rings is 2. The van der Waals surface area contributed by atoms with Gasteiger partial charge in [-0.05, 0) is 48.9 Å². The second kappa shape index (κ2) is 7.14. The number of hydrogen-bond donors (Lipinski definition) is 1. The predicted molar refractivity (Wildman–Crippen MR) is 89.3 cm³/mol. The second-order valence-electron chi connectivity index (χ2n) is 5.38. The normalized spacial score (nSPS) is 12.0. The van der Waals surface area contributed by atoms with Crippen LogP contribution in [-0.2, 0) is 6.42 Å². The summed E-state index contributed by atoms with van der Waals surface area (Å²) in [5, 5.41) is 3.40. The first-order valence-electron chi connectivity index (χ1n) is 7.21. The van der Waals surface area contributed by atoms with Crippen molar-refractivity contribution in [2.75, 3.05) is 33.2 Å². The van der Waals surface area contributed by atoms with Crippen LogP contribution in [0.25, 0.3) is 0 Å². The van der Waals surface area contributed by atoms with Gasteiger partial charge in [-0.25, -0.2) is 0 Å². The van der Waals surface area contributed by atoms with Gasteiger partial charge in [-0.15, -0.1) is 0 Å². The minimum atomic E-state index is 0.314. The third-order valence-corrected chi connectivity index (χ3v) is 3.76. The van der Waals surface area contributed by atoms with Crippen LogP contribution in [0.4, 0.5) is 5.69 Å². The van der Waals surface area contributed by atoms with Gasteiger partial charge in [-0.3, -0.25) is 0 Å². The van der Waals surface area contributed by atoms with E-state index >= 15 is 0 Å². The van der Waals surface area contributed by atoms with Gasteiger partial charge in [0, 0.05) is 25.8 Å². The first-order chi connectivity index (χ1) is 10.1. The van der Waals surface area contributed by atoms with E-state index in [0.29, 0.717) is 6.04 Å². The molecule has 1 atom stereocenters. The van der Waals surface area contributed by atoms with Crippen LogP contribution >= 0.6 is 0 Å². The Bertz CT molecular complexity index is 546. The van der Waals surface area contributed by atoms with E-state index in [1.807, 2.05) is 19.2 Å². The van der Waals surface area contributed by atoms with Crippen molar-refractivity contribution in [1.82, 2.24) is 5.32 Å². The minimum absolute atomic E-state index is 0.314. The van der Waals surface area contributed by atoms with Gasteiger partial charge in [0.2, 0.25) is 0 Å². The van der Waals surface area contributed by atoms with Crippen molar-refractivity contribution in [3.05, 3.63) is 59.7 Å². The molecular weight excluding hydrogens is 260 g/mol. The van der Waals surface area contributed by atoms with Gasteiger partial charge in [-0.1, -0.05) is 24.3 Å². The molecule has 0 saturated carbocycles. The summed E-state index contributed by atoms with van der Waals surface area (Å²) in [7, 11) is 7.82. The van der Waals surface area contributed by atoms with Crippen molar-refractivity contribution < 1.29 is 4.74 Å². The zero-order valence-electron chi connectivity index (χ0n) is 13.3. The Morgan fingerprint density at radius 3 is 2.10 bits per heavy atom. The molecule has 0 saturated heterocycles. The monoisotopic (exact) mass is 284 g/mol. The van der Waals surface area contributed by atoms with E-state index in [1.165, 1.54) is 16.8 Å². The molecule has 0 amide bonds. The second-order valence-corrected chi connectivity index (χ2v) is 5.38. The molecule has 2 aromatic rings. The molecule has 0 fully saturated rings. The molecular formula is C18H24N2O. The fraction of sp³-hybridized carbons (Fsp3) is 0.333. The topological polar surface area (TPSA) is 24.5 Å². The number of ether oxygens (including phenoxy) is 1. The van der Waals surface area contributed by atoms with Crippen molar-refractivity contribution >= 4 is 5.69 Å². The van der Waals surface area contributed by atoms with E-state index in [1.54, 1.807) is 7.11 Å². The highest BCUT2D eigenvalue weighted by Crippen LogP contribution is 2.22. The average molecular weight is 284 g/mol. The Morgan fingerprint density at radius 1 is 1.00 bits per heavy atom. The number of likely N-dealkylation sites (N-methyl/N-ethyl adjacent to an activating group) is 1. The molecule has 0 aromatic heterocycles. The fourth-order valence-corrected chi connectivity index (χ4v) is 2.39. The maximum Gasteiger partial charge on any atom is 0.118 e. The Hall–Kier alpha value is -2.00. The van der Waals surface area contributed by atoms with Crippen LogP contribution in [0, 0.1) is 0 Å². The fourth-order valence-electron chi connectivity index (χ4n) is 2.39. The van der Waals surface area contributed by atoms with Crippen LogP contribution in [-0.4, -0.2) is 28.3 Å². The zero-order valence-corrected chi connectivity index (χ0v) is 13.3. The Balaban J connectivity index is 2.11. The maximum absolute atomic E-state index is 5.20. The summed E-state index contributed by atoms with van der Waals surface area (Å²) in [6.45, 7) is 0. The average Bonchev–Trinajstić information content (AvgIpc) is 2.53. The van der Waals surface area contributed by atoms with Gasteiger partial charge in [0.15, 0.2) is 0 Å². The molecule has 0 heterocycles. The third-order valence-electron chi connectivity index (χ3n) is 3.76. The standard InChI is InChI=1S/C18H24N2O/c1-19-18(13-14-5-11-17(21-4)12-6-14)15-7-9-16(10-8-15)20(2)3/h5-12,18-19H,13H2,1-4H3/t18-/m0/s1. The van der Waals surface area contributed by atoms with Crippen molar-refractivity contribution in [1.29, 1.82) is 0 Å². The van der Waals surface area contributed by atoms with E-state index in [2.05, 4.69) is 60.7 Å². The Labute approximate surface area is 127 Å². The van der Waals surface area contributed by atoms with Crippen molar-refractivity contribution in [2.24, 2.45) is 0 Å². The molecule has 0 aliphatic carbocycles. The molecule has 0 aliphatic heterocycles. The molecule has 1 N–H and O–H groups in total. The van der Waals surface area contributed by atoms with E-state index < -0.39 is 0 Å². The summed E-state index contributed by atoms with van der Waals surface area (Å²) in [5.74, 6) is 0.898. The first-order valence-corrected chi connectivity index (χ1v) is 7.21. The number of nitrogens with one attached hydrogen (secondary N) is 1. The van der Waals surface area contributed by atoms with Crippen molar-refractivity contribution in [3.63, 3.8) is 0 Å². The smallest absolute Gasteiger partial charge is 0.118 e. The summed E-state index contributed by atoms with van der Waals surface area (Å²) in [5.41, 5.74) is 3.82. The van der Waals surface area contributed by atoms with E-state index in [4.69, 9.17) is 4.74 Å². The number of hydrogen-bond acceptors (Lipinski definition) is 3. The highest BCUT2D eigenvalue weighted by atomic mass is 16.5. The number of anilines is 1. The van der Waals surface area contributed by atoms with Crippen LogP contribution in [0.3, 0.4) is 0 Å². The molecule has 0 radical (unpaired) electrons. The summed E-state index contributed by atoms with van der Waals surface area (Å²) in [4.78, 5) is 2.11. The summed E-state index contributed by atoms with van der Waals surface area (Å²) in [6, 6.07) is 17.3. The lowest BCUT2D eigenvalue weighted by molar-refractivity contribution is 0.414.